The Morgan fingerprint density at radius 2 is 1.86 bits per heavy atom. The molecule has 0 aromatic heterocycles. The minimum atomic E-state index is -0.462. The molecule has 0 radical (unpaired) electrons. The molecule has 21 heavy (non-hydrogen) atoms. The van der Waals surface area contributed by atoms with Crippen molar-refractivity contribution in [2.45, 2.75) is 6.54 Å². The SMILES string of the molecule is COc1cccc(C[N+](C)(CCO)CCO)c1[N+](=O)[O-].[Cl-]. The number of hydrogen-bond donors (Lipinski definition) is 2. The molecule has 0 fully saturated rings. The van der Waals surface area contributed by atoms with E-state index >= 15 is 0 Å². The topological polar surface area (TPSA) is 92.8 Å². The van der Waals surface area contributed by atoms with Crippen molar-refractivity contribution in [2.24, 2.45) is 0 Å². The molecule has 1 aromatic carbocycles. The van der Waals surface area contributed by atoms with Gasteiger partial charge < -0.3 is 31.8 Å². The largest absolute Gasteiger partial charge is 1.00 e. The molecule has 0 aliphatic carbocycles. The Labute approximate surface area is 129 Å². The summed E-state index contributed by atoms with van der Waals surface area (Å²) < 4.78 is 5.35. The van der Waals surface area contributed by atoms with Crippen molar-refractivity contribution in [1.29, 1.82) is 0 Å². The lowest BCUT2D eigenvalue weighted by Crippen LogP contribution is -3.00. The van der Waals surface area contributed by atoms with Crippen molar-refractivity contribution in [3.05, 3.63) is 33.9 Å². The number of benzene rings is 1. The standard InChI is InChI=1S/C13H21N2O5.ClH/c1-15(6-8-16,7-9-17)10-11-4-3-5-12(20-2)13(11)14(18)19;/h3-5,16-17H,6-10H2,1-2H3;1H/q+1;/p-1. The molecular weight excluding hydrogens is 300 g/mol. The average Bonchev–Trinajstić information content (AvgIpc) is 2.38. The van der Waals surface area contributed by atoms with Crippen molar-refractivity contribution >= 4 is 5.69 Å². The van der Waals surface area contributed by atoms with Crippen molar-refractivity contribution in [3.8, 4) is 5.75 Å². The number of halogens is 1. The van der Waals surface area contributed by atoms with Crippen LogP contribution in [0.5, 0.6) is 5.75 Å². The molecule has 1 rings (SSSR count). The third-order valence-corrected chi connectivity index (χ3v) is 3.32. The maximum Gasteiger partial charge on any atom is 0.319 e. The van der Waals surface area contributed by atoms with Gasteiger partial charge in [-0.1, -0.05) is 6.07 Å². The number of hydrogen-bond acceptors (Lipinski definition) is 5. The summed E-state index contributed by atoms with van der Waals surface area (Å²) >= 11 is 0. The second-order valence-corrected chi connectivity index (χ2v) is 4.90. The van der Waals surface area contributed by atoms with Gasteiger partial charge in [0.25, 0.3) is 0 Å². The van der Waals surface area contributed by atoms with Crippen LogP contribution in [0.1, 0.15) is 5.56 Å². The molecule has 0 atom stereocenters. The van der Waals surface area contributed by atoms with Gasteiger partial charge in [0.1, 0.15) is 19.6 Å². The van der Waals surface area contributed by atoms with Crippen LogP contribution in [0.15, 0.2) is 18.2 Å². The summed E-state index contributed by atoms with van der Waals surface area (Å²) in [5, 5.41) is 29.5. The second kappa shape index (κ2) is 8.78. The molecule has 0 amide bonds. The van der Waals surface area contributed by atoms with Gasteiger partial charge >= 0.3 is 5.69 Å². The number of aliphatic hydroxyl groups is 2. The fourth-order valence-electron chi connectivity index (χ4n) is 2.23. The van der Waals surface area contributed by atoms with Crippen LogP contribution in [0.2, 0.25) is 0 Å². The zero-order chi connectivity index (χ0) is 15.2. The fraction of sp³-hybridized carbons (Fsp3) is 0.538. The number of ether oxygens (including phenoxy) is 1. The minimum absolute atomic E-state index is 0. The van der Waals surface area contributed by atoms with E-state index in [9.17, 15) is 10.1 Å². The van der Waals surface area contributed by atoms with Crippen LogP contribution in [0, 0.1) is 10.1 Å². The average molecular weight is 321 g/mol. The van der Waals surface area contributed by atoms with Gasteiger partial charge in [-0.15, -0.1) is 0 Å². The Kier molecular flexibility index (Phi) is 8.19. The molecule has 0 heterocycles. The van der Waals surface area contributed by atoms with Crippen molar-refractivity contribution in [3.63, 3.8) is 0 Å². The maximum atomic E-state index is 11.2. The number of nitrogens with zero attached hydrogens (tertiary/aromatic N) is 2. The maximum absolute atomic E-state index is 11.2. The van der Waals surface area contributed by atoms with Crippen molar-refractivity contribution in [2.75, 3.05) is 40.5 Å². The molecule has 8 heteroatoms. The van der Waals surface area contributed by atoms with E-state index in [2.05, 4.69) is 0 Å². The highest BCUT2D eigenvalue weighted by Crippen LogP contribution is 2.32. The molecule has 1 aromatic rings. The number of nitro benzene ring substituents is 1. The number of nitro groups is 1. The quantitative estimate of drug-likeness (QED) is 0.315. The Hall–Kier alpha value is -1.41. The predicted octanol–water partition coefficient (Wildman–Crippen LogP) is -2.46. The molecule has 0 spiro atoms. The van der Waals surface area contributed by atoms with Gasteiger partial charge in [-0.05, 0) is 12.1 Å². The minimum Gasteiger partial charge on any atom is -1.00 e. The van der Waals surface area contributed by atoms with E-state index in [0.29, 0.717) is 29.7 Å². The summed E-state index contributed by atoms with van der Waals surface area (Å²) in [6.45, 7) is 1.07. The third-order valence-electron chi connectivity index (χ3n) is 3.32. The third kappa shape index (κ3) is 5.13. The van der Waals surface area contributed by atoms with E-state index in [-0.39, 0.29) is 37.1 Å². The smallest absolute Gasteiger partial charge is 0.319 e. The first-order chi connectivity index (χ1) is 9.47. The Bertz CT molecular complexity index is 464. The first-order valence-corrected chi connectivity index (χ1v) is 6.33. The van der Waals surface area contributed by atoms with Gasteiger partial charge in [-0.25, -0.2) is 0 Å². The summed E-state index contributed by atoms with van der Waals surface area (Å²) in [5.41, 5.74) is 0.467. The van der Waals surface area contributed by atoms with Crippen LogP contribution >= 0.6 is 0 Å². The van der Waals surface area contributed by atoms with E-state index in [1.165, 1.54) is 7.11 Å². The first-order valence-electron chi connectivity index (χ1n) is 6.33. The molecule has 0 saturated heterocycles. The van der Waals surface area contributed by atoms with E-state index in [0.717, 1.165) is 0 Å². The lowest BCUT2D eigenvalue weighted by Gasteiger charge is -2.33. The first kappa shape index (κ1) is 19.6. The Morgan fingerprint density at radius 3 is 2.29 bits per heavy atom. The van der Waals surface area contributed by atoms with Crippen LogP contribution in [-0.2, 0) is 6.54 Å². The van der Waals surface area contributed by atoms with Crippen molar-refractivity contribution < 1.29 is 36.8 Å². The van der Waals surface area contributed by atoms with Crippen LogP contribution in [-0.4, -0.2) is 60.1 Å². The van der Waals surface area contributed by atoms with Crippen molar-refractivity contribution in [1.82, 2.24) is 0 Å². The highest BCUT2D eigenvalue weighted by molar-refractivity contribution is 5.52. The Morgan fingerprint density at radius 1 is 1.29 bits per heavy atom. The second-order valence-electron chi connectivity index (χ2n) is 4.90. The number of quaternary nitrogens is 1. The summed E-state index contributed by atoms with van der Waals surface area (Å²) in [4.78, 5) is 10.8. The zero-order valence-corrected chi connectivity index (χ0v) is 12.9. The predicted molar refractivity (Wildman–Crippen MR) is 73.4 cm³/mol. The normalized spacial score (nSPS) is 10.9. The summed E-state index contributed by atoms with van der Waals surface area (Å²) in [6, 6.07) is 4.92. The van der Waals surface area contributed by atoms with E-state index in [1.807, 2.05) is 7.05 Å². The lowest BCUT2D eigenvalue weighted by molar-refractivity contribution is -0.923. The molecule has 120 valence electrons. The van der Waals surface area contributed by atoms with Gasteiger partial charge in [-0.2, -0.15) is 0 Å². The molecular formula is C13H21ClN2O5. The fourth-order valence-corrected chi connectivity index (χ4v) is 2.23. The van der Waals surface area contributed by atoms with E-state index in [4.69, 9.17) is 14.9 Å². The highest BCUT2D eigenvalue weighted by Gasteiger charge is 2.28. The van der Waals surface area contributed by atoms with Crippen LogP contribution in [0.4, 0.5) is 5.69 Å². The molecule has 7 nitrogen and oxygen atoms in total. The molecule has 2 N–H and O–H groups in total. The van der Waals surface area contributed by atoms with Gasteiger partial charge in [-0.3, -0.25) is 10.1 Å². The number of rotatable bonds is 8. The van der Waals surface area contributed by atoms with E-state index < -0.39 is 4.92 Å². The summed E-state index contributed by atoms with van der Waals surface area (Å²) in [6.07, 6.45) is 0. The lowest BCUT2D eigenvalue weighted by atomic mass is 10.1. The highest BCUT2D eigenvalue weighted by atomic mass is 35.5. The number of para-hydroxylation sites is 1. The molecule has 0 aliphatic heterocycles. The van der Waals surface area contributed by atoms with Crippen LogP contribution < -0.4 is 17.1 Å². The van der Waals surface area contributed by atoms with E-state index in [1.54, 1.807) is 18.2 Å². The molecule has 0 aliphatic rings. The number of aliphatic hydroxyl groups excluding tert-OH is 2. The number of likely N-dealkylation sites (N-methyl/N-ethyl adjacent to an activating group) is 1. The Balaban J connectivity index is 0.00000400. The zero-order valence-electron chi connectivity index (χ0n) is 12.2. The van der Waals surface area contributed by atoms with Crippen LogP contribution in [0.25, 0.3) is 0 Å². The molecule has 0 unspecified atom stereocenters. The van der Waals surface area contributed by atoms with Crippen LogP contribution in [0.3, 0.4) is 0 Å². The monoisotopic (exact) mass is 320 g/mol. The van der Waals surface area contributed by atoms with Gasteiger partial charge in [0, 0.05) is 0 Å². The van der Waals surface area contributed by atoms with Gasteiger partial charge in [0.05, 0.1) is 37.9 Å². The van der Waals surface area contributed by atoms with Gasteiger partial charge in [0.15, 0.2) is 5.75 Å². The summed E-state index contributed by atoms with van der Waals surface area (Å²) in [7, 11) is 3.23. The van der Waals surface area contributed by atoms with Gasteiger partial charge in [0.2, 0.25) is 0 Å². The number of methoxy groups -OCH3 is 1. The summed E-state index contributed by atoms with van der Waals surface area (Å²) in [5.74, 6) is 0.215. The molecule has 0 bridgehead atoms. The molecule has 0 saturated carbocycles.